The number of hydrogen-bond acceptors (Lipinski definition) is 5. The Balaban J connectivity index is 3.48. The van der Waals surface area contributed by atoms with Gasteiger partial charge in [-0.3, -0.25) is 0 Å². The van der Waals surface area contributed by atoms with E-state index in [1.807, 2.05) is 0 Å². The minimum atomic E-state index is -2.57. The lowest BCUT2D eigenvalue weighted by molar-refractivity contribution is 0.0290. The maximum Gasteiger partial charge on any atom is 0.527 e. The number of rotatable bonds is 11. The molecule has 0 aliphatic rings. The largest absolute Gasteiger partial charge is 0.527 e. The number of ether oxygens (including phenoxy) is 2. The summed E-state index contributed by atoms with van der Waals surface area (Å²) in [6, 6.07) is 0. The van der Waals surface area contributed by atoms with Crippen LogP contribution < -0.4 is 0 Å². The molecule has 0 N–H and O–H groups in total. The fraction of sp³-hybridized carbons (Fsp3) is 1.00. The van der Waals surface area contributed by atoms with Crippen molar-refractivity contribution >= 4 is 8.80 Å². The molecule has 0 aromatic rings. The van der Waals surface area contributed by atoms with Gasteiger partial charge in [-0.25, -0.2) is 0 Å². The van der Waals surface area contributed by atoms with E-state index in [0.717, 1.165) is 19.4 Å². The van der Waals surface area contributed by atoms with Crippen LogP contribution in [0.5, 0.6) is 0 Å². The van der Waals surface area contributed by atoms with Gasteiger partial charge in [0, 0.05) is 27.9 Å². The molecule has 0 bridgehead atoms. The SMILES string of the molecule is CCCCOCCOC[Si](OC)(OC)OC. The van der Waals surface area contributed by atoms with Crippen molar-refractivity contribution < 1.29 is 22.8 Å². The minimum absolute atomic E-state index is 0.355. The molecule has 16 heavy (non-hydrogen) atoms. The Kier molecular flexibility index (Phi) is 10.2. The van der Waals surface area contributed by atoms with Crippen LogP contribution in [-0.4, -0.2) is 56.2 Å². The van der Waals surface area contributed by atoms with Crippen LogP contribution in [0.4, 0.5) is 0 Å². The molecule has 0 aliphatic carbocycles. The van der Waals surface area contributed by atoms with Crippen molar-refractivity contribution in [3.63, 3.8) is 0 Å². The number of unbranched alkanes of at least 4 members (excludes halogenated alkanes) is 1. The Bertz CT molecular complexity index is 144. The third kappa shape index (κ3) is 6.57. The van der Waals surface area contributed by atoms with Crippen molar-refractivity contribution in [3.8, 4) is 0 Å². The van der Waals surface area contributed by atoms with E-state index in [0.29, 0.717) is 19.4 Å². The lowest BCUT2D eigenvalue weighted by atomic mass is 10.4. The van der Waals surface area contributed by atoms with Crippen LogP contribution >= 0.6 is 0 Å². The third-order valence-electron chi connectivity index (χ3n) is 2.23. The molecule has 0 unspecified atom stereocenters. The molecule has 0 aliphatic heterocycles. The quantitative estimate of drug-likeness (QED) is 0.409. The van der Waals surface area contributed by atoms with Crippen LogP contribution in [0.1, 0.15) is 19.8 Å². The van der Waals surface area contributed by atoms with Crippen molar-refractivity contribution in [2.24, 2.45) is 0 Å². The molecule has 0 fully saturated rings. The fourth-order valence-corrected chi connectivity index (χ4v) is 2.34. The summed E-state index contributed by atoms with van der Waals surface area (Å²) in [6.45, 7) is 4.06. The predicted molar refractivity (Wildman–Crippen MR) is 63.3 cm³/mol. The summed E-state index contributed by atoms with van der Waals surface area (Å²) in [6.07, 6.45) is 2.59. The van der Waals surface area contributed by atoms with Crippen LogP contribution in [0, 0.1) is 0 Å². The highest BCUT2D eigenvalue weighted by atomic mass is 28.4. The van der Waals surface area contributed by atoms with Gasteiger partial charge in [0.1, 0.15) is 6.23 Å². The lowest BCUT2D eigenvalue weighted by Crippen LogP contribution is -2.48. The van der Waals surface area contributed by atoms with Gasteiger partial charge in [-0.2, -0.15) is 0 Å². The summed E-state index contributed by atoms with van der Waals surface area (Å²) in [5.41, 5.74) is 0. The molecule has 5 nitrogen and oxygen atoms in total. The molecule has 0 aromatic carbocycles. The van der Waals surface area contributed by atoms with Crippen molar-refractivity contribution in [2.75, 3.05) is 47.4 Å². The number of hydrogen-bond donors (Lipinski definition) is 0. The average molecular weight is 252 g/mol. The van der Waals surface area contributed by atoms with Crippen LogP contribution in [0.3, 0.4) is 0 Å². The third-order valence-corrected chi connectivity index (χ3v) is 4.65. The molecule has 0 amide bonds. The molecule has 0 atom stereocenters. The smallest absolute Gasteiger partial charge is 0.379 e. The molecule has 0 saturated carbocycles. The molecule has 0 radical (unpaired) electrons. The minimum Gasteiger partial charge on any atom is -0.379 e. The second kappa shape index (κ2) is 10.2. The van der Waals surface area contributed by atoms with Gasteiger partial charge in [0.25, 0.3) is 0 Å². The molecule has 0 rings (SSSR count). The lowest BCUT2D eigenvalue weighted by Gasteiger charge is -2.23. The first-order valence-electron chi connectivity index (χ1n) is 5.55. The molecule has 0 aromatic heterocycles. The molecule has 98 valence electrons. The highest BCUT2D eigenvalue weighted by molar-refractivity contribution is 6.60. The van der Waals surface area contributed by atoms with E-state index in [4.69, 9.17) is 22.8 Å². The summed E-state index contributed by atoms with van der Waals surface area (Å²) < 4.78 is 26.4. The molecular weight excluding hydrogens is 228 g/mol. The van der Waals surface area contributed by atoms with Gasteiger partial charge in [0.05, 0.1) is 13.2 Å². The van der Waals surface area contributed by atoms with E-state index in [1.54, 1.807) is 21.3 Å². The highest BCUT2D eigenvalue weighted by Crippen LogP contribution is 2.05. The van der Waals surface area contributed by atoms with E-state index in [9.17, 15) is 0 Å². The Morgan fingerprint density at radius 3 is 1.88 bits per heavy atom. The monoisotopic (exact) mass is 252 g/mol. The van der Waals surface area contributed by atoms with Gasteiger partial charge in [-0.15, -0.1) is 0 Å². The van der Waals surface area contributed by atoms with Crippen LogP contribution in [0.15, 0.2) is 0 Å². The normalized spacial score (nSPS) is 12.0. The molecule has 0 spiro atoms. The van der Waals surface area contributed by atoms with E-state index in [2.05, 4.69) is 6.92 Å². The zero-order valence-corrected chi connectivity index (χ0v) is 11.8. The van der Waals surface area contributed by atoms with Crippen molar-refractivity contribution in [1.29, 1.82) is 0 Å². The topological polar surface area (TPSA) is 46.2 Å². The van der Waals surface area contributed by atoms with Gasteiger partial charge < -0.3 is 22.8 Å². The van der Waals surface area contributed by atoms with Crippen molar-refractivity contribution in [3.05, 3.63) is 0 Å². The molecule has 0 heterocycles. The second-order valence-corrected chi connectivity index (χ2v) is 6.19. The summed E-state index contributed by atoms with van der Waals surface area (Å²) in [4.78, 5) is 0. The van der Waals surface area contributed by atoms with Gasteiger partial charge in [-0.1, -0.05) is 13.3 Å². The van der Waals surface area contributed by atoms with E-state index >= 15 is 0 Å². The summed E-state index contributed by atoms with van der Waals surface area (Å²) in [5, 5.41) is 0. The van der Waals surface area contributed by atoms with Gasteiger partial charge in [0.2, 0.25) is 0 Å². The van der Waals surface area contributed by atoms with Crippen molar-refractivity contribution in [2.45, 2.75) is 19.8 Å². The molecular formula is C10H24O5Si. The van der Waals surface area contributed by atoms with E-state index in [1.165, 1.54) is 0 Å². The van der Waals surface area contributed by atoms with Crippen LogP contribution in [0.2, 0.25) is 0 Å². The van der Waals surface area contributed by atoms with E-state index < -0.39 is 8.80 Å². The first-order valence-corrected chi connectivity index (χ1v) is 7.48. The summed E-state index contributed by atoms with van der Waals surface area (Å²) >= 11 is 0. The van der Waals surface area contributed by atoms with E-state index in [-0.39, 0.29) is 0 Å². The zero-order valence-electron chi connectivity index (χ0n) is 10.8. The maximum atomic E-state index is 5.41. The molecule has 0 saturated heterocycles. The standard InChI is InChI=1S/C10H24O5Si/c1-5-6-7-14-8-9-15-10-16(11-2,12-3)13-4/h5-10H2,1-4H3. The Labute approximate surface area is 99.3 Å². The van der Waals surface area contributed by atoms with Crippen LogP contribution in [0.25, 0.3) is 0 Å². The van der Waals surface area contributed by atoms with Gasteiger partial charge in [0.15, 0.2) is 0 Å². The predicted octanol–water partition coefficient (Wildman–Crippen LogP) is 1.24. The zero-order chi connectivity index (χ0) is 12.3. The van der Waals surface area contributed by atoms with Gasteiger partial charge in [-0.05, 0) is 6.42 Å². The first-order chi connectivity index (χ1) is 7.74. The summed E-state index contributed by atoms with van der Waals surface area (Å²) in [7, 11) is 2.14. The van der Waals surface area contributed by atoms with Crippen molar-refractivity contribution in [1.82, 2.24) is 0 Å². The van der Waals surface area contributed by atoms with Crippen LogP contribution in [-0.2, 0) is 22.8 Å². The first kappa shape index (κ1) is 16.0. The molecule has 6 heteroatoms. The van der Waals surface area contributed by atoms with Gasteiger partial charge >= 0.3 is 8.80 Å². The summed E-state index contributed by atoms with van der Waals surface area (Å²) in [5.74, 6) is 0. The maximum absolute atomic E-state index is 5.41. The fourth-order valence-electron chi connectivity index (χ4n) is 1.09. The highest BCUT2D eigenvalue weighted by Gasteiger charge is 2.38. The Hall–Kier alpha value is 0.0169. The Morgan fingerprint density at radius 2 is 1.38 bits per heavy atom. The second-order valence-electron chi connectivity index (χ2n) is 3.31. The average Bonchev–Trinajstić information content (AvgIpc) is 2.34. The Morgan fingerprint density at radius 1 is 0.812 bits per heavy atom.